The topological polar surface area (TPSA) is 109 Å². The molecule has 4 amide bonds. The molecule has 34 heavy (non-hydrogen) atoms. The van der Waals surface area contributed by atoms with Gasteiger partial charge in [-0.05, 0) is 55.2 Å². The Bertz CT molecular complexity index is 1000. The molecule has 0 saturated carbocycles. The fourth-order valence-electron chi connectivity index (χ4n) is 3.51. The number of anilines is 2. The molecule has 1 saturated heterocycles. The van der Waals surface area contributed by atoms with Crippen LogP contribution in [0.25, 0.3) is 0 Å². The van der Waals surface area contributed by atoms with E-state index in [1.165, 1.54) is 0 Å². The third-order valence-electron chi connectivity index (χ3n) is 5.35. The van der Waals surface area contributed by atoms with E-state index in [0.717, 1.165) is 31.0 Å². The van der Waals surface area contributed by atoms with Crippen LogP contribution in [-0.2, 0) is 9.53 Å². The molecule has 2 aromatic carbocycles. The van der Waals surface area contributed by atoms with Crippen LogP contribution < -0.4 is 21.3 Å². The van der Waals surface area contributed by atoms with Crippen molar-refractivity contribution in [1.82, 2.24) is 10.6 Å². The Kier molecular flexibility index (Phi) is 8.53. The number of carbonyl (C=O) groups excluding carboxylic acids is 3. The maximum absolute atomic E-state index is 13.9. The SMILES string of the molecule is CC(C)[C@H](NC(=O)c1c(F)cccc1F)C(=O)Nc1ccc(NC(=O)NCC2CCCO2)cc1. The molecule has 3 rings (SSSR count). The summed E-state index contributed by atoms with van der Waals surface area (Å²) in [4.78, 5) is 37.2. The van der Waals surface area contributed by atoms with Crippen LogP contribution in [0.15, 0.2) is 42.5 Å². The minimum atomic E-state index is -1.03. The van der Waals surface area contributed by atoms with E-state index in [0.29, 0.717) is 24.5 Å². The zero-order chi connectivity index (χ0) is 24.7. The Morgan fingerprint density at radius 2 is 1.62 bits per heavy atom. The van der Waals surface area contributed by atoms with Crippen molar-refractivity contribution in [3.8, 4) is 0 Å². The van der Waals surface area contributed by atoms with Crippen molar-refractivity contribution >= 4 is 29.2 Å². The molecule has 1 fully saturated rings. The number of hydrogen-bond acceptors (Lipinski definition) is 4. The van der Waals surface area contributed by atoms with Crippen LogP contribution >= 0.6 is 0 Å². The number of halogens is 2. The van der Waals surface area contributed by atoms with Crippen LogP contribution in [0.5, 0.6) is 0 Å². The Hall–Kier alpha value is -3.53. The van der Waals surface area contributed by atoms with Gasteiger partial charge < -0.3 is 26.0 Å². The Morgan fingerprint density at radius 3 is 2.18 bits per heavy atom. The van der Waals surface area contributed by atoms with Crippen LogP contribution in [0, 0.1) is 17.6 Å². The average Bonchev–Trinajstić information content (AvgIpc) is 3.31. The zero-order valence-corrected chi connectivity index (χ0v) is 19.0. The van der Waals surface area contributed by atoms with Gasteiger partial charge in [-0.3, -0.25) is 9.59 Å². The first-order valence-corrected chi connectivity index (χ1v) is 11.1. The van der Waals surface area contributed by atoms with E-state index in [-0.39, 0.29) is 18.1 Å². The van der Waals surface area contributed by atoms with Crippen molar-refractivity contribution in [2.75, 3.05) is 23.8 Å². The molecule has 2 atom stereocenters. The van der Waals surface area contributed by atoms with Crippen LogP contribution in [-0.4, -0.2) is 43.1 Å². The van der Waals surface area contributed by atoms with Crippen LogP contribution in [0.3, 0.4) is 0 Å². The summed E-state index contributed by atoms with van der Waals surface area (Å²) in [5.41, 5.74) is 0.202. The van der Waals surface area contributed by atoms with Gasteiger partial charge in [-0.25, -0.2) is 13.6 Å². The summed E-state index contributed by atoms with van der Waals surface area (Å²) < 4.78 is 33.3. The molecule has 1 aliphatic rings. The van der Waals surface area contributed by atoms with Crippen LogP contribution in [0.2, 0.25) is 0 Å². The van der Waals surface area contributed by atoms with Gasteiger partial charge in [0, 0.05) is 24.5 Å². The standard InChI is InChI=1S/C24H28F2N4O4/c1-14(2)21(30-22(31)20-18(25)6-3-7-19(20)26)23(32)28-15-8-10-16(11-9-15)29-24(33)27-13-17-5-4-12-34-17/h3,6-11,14,17,21H,4-5,12-13H2,1-2H3,(H,28,32)(H,30,31)(H2,27,29,33)/t17?,21-/m0/s1. The maximum Gasteiger partial charge on any atom is 0.319 e. The third-order valence-corrected chi connectivity index (χ3v) is 5.35. The Labute approximate surface area is 196 Å². The molecule has 0 radical (unpaired) electrons. The van der Waals surface area contributed by atoms with Crippen LogP contribution in [0.4, 0.5) is 25.0 Å². The number of carbonyl (C=O) groups is 3. The second-order valence-electron chi connectivity index (χ2n) is 8.33. The number of ether oxygens (including phenoxy) is 1. The molecule has 1 unspecified atom stereocenters. The van der Waals surface area contributed by atoms with Gasteiger partial charge in [0.1, 0.15) is 23.2 Å². The van der Waals surface area contributed by atoms with E-state index in [4.69, 9.17) is 4.74 Å². The summed E-state index contributed by atoms with van der Waals surface area (Å²) in [6.07, 6.45) is 1.94. The minimum absolute atomic E-state index is 0.0348. The molecule has 8 nitrogen and oxygen atoms in total. The molecule has 1 heterocycles. The number of urea groups is 1. The summed E-state index contributed by atoms with van der Waals surface area (Å²) in [5.74, 6) is -3.94. The van der Waals surface area contributed by atoms with E-state index >= 15 is 0 Å². The molecule has 0 aliphatic carbocycles. The predicted molar refractivity (Wildman–Crippen MR) is 124 cm³/mol. The molecule has 10 heteroatoms. The molecule has 0 spiro atoms. The highest BCUT2D eigenvalue weighted by atomic mass is 19.1. The highest BCUT2D eigenvalue weighted by molar-refractivity contribution is 6.01. The Balaban J connectivity index is 1.56. The van der Waals surface area contributed by atoms with Gasteiger partial charge in [-0.15, -0.1) is 0 Å². The lowest BCUT2D eigenvalue weighted by Gasteiger charge is -2.22. The van der Waals surface area contributed by atoms with Crippen molar-refractivity contribution < 1.29 is 27.9 Å². The van der Waals surface area contributed by atoms with Crippen molar-refractivity contribution in [1.29, 1.82) is 0 Å². The van der Waals surface area contributed by atoms with E-state index in [1.54, 1.807) is 38.1 Å². The van der Waals surface area contributed by atoms with Gasteiger partial charge >= 0.3 is 6.03 Å². The highest BCUT2D eigenvalue weighted by Gasteiger charge is 2.27. The monoisotopic (exact) mass is 474 g/mol. The van der Waals surface area contributed by atoms with E-state index < -0.39 is 35.1 Å². The highest BCUT2D eigenvalue weighted by Crippen LogP contribution is 2.17. The molecule has 4 N–H and O–H groups in total. The second kappa shape index (κ2) is 11.6. The summed E-state index contributed by atoms with van der Waals surface area (Å²) in [7, 11) is 0. The van der Waals surface area contributed by atoms with Gasteiger partial charge in [-0.1, -0.05) is 19.9 Å². The minimum Gasteiger partial charge on any atom is -0.376 e. The molecule has 1 aliphatic heterocycles. The molecular weight excluding hydrogens is 446 g/mol. The van der Waals surface area contributed by atoms with Crippen molar-refractivity contribution in [2.24, 2.45) is 5.92 Å². The van der Waals surface area contributed by atoms with Crippen LogP contribution in [0.1, 0.15) is 37.0 Å². The molecular formula is C24H28F2N4O4. The lowest BCUT2D eigenvalue weighted by Crippen LogP contribution is -2.47. The molecule has 0 aromatic heterocycles. The summed E-state index contributed by atoms with van der Waals surface area (Å²) in [6.45, 7) is 4.54. The predicted octanol–water partition coefficient (Wildman–Crippen LogP) is 3.66. The normalized spacial score (nSPS) is 16.1. The smallest absolute Gasteiger partial charge is 0.319 e. The largest absolute Gasteiger partial charge is 0.376 e. The van der Waals surface area contributed by atoms with Crippen molar-refractivity contribution in [3.05, 3.63) is 59.7 Å². The third kappa shape index (κ3) is 6.74. The van der Waals surface area contributed by atoms with Crippen molar-refractivity contribution in [2.45, 2.75) is 38.8 Å². The summed E-state index contributed by atoms with van der Waals surface area (Å²) >= 11 is 0. The molecule has 182 valence electrons. The van der Waals surface area contributed by atoms with Crippen molar-refractivity contribution in [3.63, 3.8) is 0 Å². The number of hydrogen-bond donors (Lipinski definition) is 4. The van der Waals surface area contributed by atoms with Gasteiger partial charge in [0.25, 0.3) is 5.91 Å². The first-order valence-electron chi connectivity index (χ1n) is 11.1. The lowest BCUT2D eigenvalue weighted by atomic mass is 10.0. The maximum atomic E-state index is 13.9. The van der Waals surface area contributed by atoms with E-state index in [9.17, 15) is 23.2 Å². The van der Waals surface area contributed by atoms with Gasteiger partial charge in [0.05, 0.1) is 6.10 Å². The first-order chi connectivity index (χ1) is 16.2. The number of rotatable bonds is 8. The summed E-state index contributed by atoms with van der Waals surface area (Å²) in [5, 5.41) is 10.5. The van der Waals surface area contributed by atoms with Gasteiger partial charge in [0.15, 0.2) is 0 Å². The van der Waals surface area contributed by atoms with E-state index in [1.807, 2.05) is 0 Å². The zero-order valence-electron chi connectivity index (χ0n) is 19.0. The number of amides is 4. The van der Waals surface area contributed by atoms with Gasteiger partial charge in [-0.2, -0.15) is 0 Å². The fourth-order valence-corrected chi connectivity index (χ4v) is 3.51. The first kappa shape index (κ1) is 25.1. The van der Waals surface area contributed by atoms with Gasteiger partial charge in [0.2, 0.25) is 5.91 Å². The number of benzene rings is 2. The summed E-state index contributed by atoms with van der Waals surface area (Å²) in [6, 6.07) is 8.09. The Morgan fingerprint density at radius 1 is 1.00 bits per heavy atom. The second-order valence-corrected chi connectivity index (χ2v) is 8.33. The fraction of sp³-hybridized carbons (Fsp3) is 0.375. The number of nitrogens with one attached hydrogen (secondary N) is 4. The quantitative estimate of drug-likeness (QED) is 0.468. The molecule has 0 bridgehead atoms. The van der Waals surface area contributed by atoms with E-state index in [2.05, 4.69) is 21.3 Å². The lowest BCUT2D eigenvalue weighted by molar-refractivity contribution is -0.118. The molecule has 2 aromatic rings. The average molecular weight is 475 g/mol.